The fraction of sp³-hybridized carbons (Fsp3) is 0.636. The summed E-state index contributed by atoms with van der Waals surface area (Å²) < 4.78 is 1.58. The molecule has 2 unspecified atom stereocenters. The Morgan fingerprint density at radius 2 is 2.33 bits per heavy atom. The summed E-state index contributed by atoms with van der Waals surface area (Å²) in [6.45, 7) is 2.14. The maximum Gasteiger partial charge on any atom is 0.185 e. The van der Waals surface area contributed by atoms with Gasteiger partial charge in [0.15, 0.2) is 5.78 Å². The van der Waals surface area contributed by atoms with E-state index in [9.17, 15) is 4.79 Å². The summed E-state index contributed by atoms with van der Waals surface area (Å²) in [6.07, 6.45) is 4.81. The van der Waals surface area contributed by atoms with Gasteiger partial charge in [0, 0.05) is 13.0 Å². The largest absolute Gasteiger partial charge is 0.292 e. The summed E-state index contributed by atoms with van der Waals surface area (Å²) in [6, 6.07) is 0. The minimum atomic E-state index is 0.137. The van der Waals surface area contributed by atoms with Gasteiger partial charge in [-0.3, -0.25) is 9.48 Å². The molecule has 1 saturated carbocycles. The summed E-state index contributed by atoms with van der Waals surface area (Å²) in [4.78, 5) is 12.2. The molecule has 0 aliphatic heterocycles. The van der Waals surface area contributed by atoms with Crippen molar-refractivity contribution < 1.29 is 4.79 Å². The SMILES string of the molecule is CC1CCCC1C(=O)c1c(Cl)cnn1C. The molecule has 1 aromatic rings. The number of ketones is 1. The Labute approximate surface area is 94.4 Å². The van der Waals surface area contributed by atoms with Crippen molar-refractivity contribution in [3.63, 3.8) is 0 Å². The smallest absolute Gasteiger partial charge is 0.185 e. The van der Waals surface area contributed by atoms with Crippen LogP contribution >= 0.6 is 11.6 Å². The van der Waals surface area contributed by atoms with Crippen molar-refractivity contribution in [3.8, 4) is 0 Å². The summed E-state index contributed by atoms with van der Waals surface area (Å²) in [7, 11) is 1.76. The van der Waals surface area contributed by atoms with Crippen LogP contribution in [0.15, 0.2) is 6.20 Å². The van der Waals surface area contributed by atoms with Crippen LogP contribution in [0.25, 0.3) is 0 Å². The summed E-state index contributed by atoms with van der Waals surface area (Å²) >= 11 is 5.96. The highest BCUT2D eigenvalue weighted by Crippen LogP contribution is 2.34. The molecule has 1 aliphatic carbocycles. The van der Waals surface area contributed by atoms with Gasteiger partial charge in [0.05, 0.1) is 11.2 Å². The second-order valence-corrected chi connectivity index (χ2v) is 4.75. The highest BCUT2D eigenvalue weighted by Gasteiger charge is 2.32. The van der Waals surface area contributed by atoms with E-state index in [0.717, 1.165) is 19.3 Å². The zero-order chi connectivity index (χ0) is 11.0. The molecule has 0 bridgehead atoms. The van der Waals surface area contributed by atoms with Crippen molar-refractivity contribution in [1.29, 1.82) is 0 Å². The van der Waals surface area contributed by atoms with Crippen molar-refractivity contribution in [2.45, 2.75) is 26.2 Å². The first-order valence-corrected chi connectivity index (χ1v) is 5.70. The molecule has 1 fully saturated rings. The lowest BCUT2D eigenvalue weighted by Crippen LogP contribution is -2.20. The molecular formula is C11H15ClN2O. The van der Waals surface area contributed by atoms with Crippen molar-refractivity contribution in [1.82, 2.24) is 9.78 Å². The summed E-state index contributed by atoms with van der Waals surface area (Å²) in [5.74, 6) is 0.770. The van der Waals surface area contributed by atoms with Crippen LogP contribution in [0.3, 0.4) is 0 Å². The third-order valence-electron chi connectivity index (χ3n) is 3.33. The molecule has 82 valence electrons. The standard InChI is InChI=1S/C11H15ClN2O/c1-7-4-3-5-8(7)11(15)10-9(12)6-13-14(10)2/h6-8H,3-5H2,1-2H3. The van der Waals surface area contributed by atoms with Gasteiger partial charge in [0.25, 0.3) is 0 Å². The van der Waals surface area contributed by atoms with E-state index in [0.29, 0.717) is 16.6 Å². The second-order valence-electron chi connectivity index (χ2n) is 4.34. The minimum Gasteiger partial charge on any atom is -0.292 e. The summed E-state index contributed by atoms with van der Waals surface area (Å²) in [5, 5.41) is 4.47. The second kappa shape index (κ2) is 3.97. The van der Waals surface area contributed by atoms with E-state index in [-0.39, 0.29) is 11.7 Å². The fourth-order valence-corrected chi connectivity index (χ4v) is 2.66. The van der Waals surface area contributed by atoms with Crippen LogP contribution in [0.1, 0.15) is 36.7 Å². The number of hydrogen-bond acceptors (Lipinski definition) is 2. The molecule has 0 radical (unpaired) electrons. The molecule has 4 heteroatoms. The van der Waals surface area contributed by atoms with Crippen LogP contribution in [-0.4, -0.2) is 15.6 Å². The van der Waals surface area contributed by atoms with Gasteiger partial charge in [-0.05, 0) is 18.8 Å². The van der Waals surface area contributed by atoms with Crippen molar-refractivity contribution in [2.75, 3.05) is 0 Å². The predicted molar refractivity (Wildman–Crippen MR) is 59.1 cm³/mol. The first kappa shape index (κ1) is 10.7. The van der Waals surface area contributed by atoms with Crippen LogP contribution in [0.2, 0.25) is 5.02 Å². The van der Waals surface area contributed by atoms with Gasteiger partial charge in [-0.1, -0.05) is 24.9 Å². The predicted octanol–water partition coefficient (Wildman–Crippen LogP) is 2.69. The topological polar surface area (TPSA) is 34.9 Å². The van der Waals surface area contributed by atoms with Gasteiger partial charge in [0.2, 0.25) is 0 Å². The third-order valence-corrected chi connectivity index (χ3v) is 3.60. The van der Waals surface area contributed by atoms with Gasteiger partial charge in [-0.25, -0.2) is 0 Å². The molecule has 0 spiro atoms. The molecule has 1 heterocycles. The molecule has 0 N–H and O–H groups in total. The van der Waals surface area contributed by atoms with E-state index in [4.69, 9.17) is 11.6 Å². The molecule has 2 rings (SSSR count). The number of carbonyl (C=O) groups excluding carboxylic acids is 1. The van der Waals surface area contributed by atoms with Gasteiger partial charge in [0.1, 0.15) is 5.69 Å². The Balaban J connectivity index is 2.28. The summed E-state index contributed by atoms with van der Waals surface area (Å²) in [5.41, 5.74) is 0.565. The molecule has 0 aromatic carbocycles. The third kappa shape index (κ3) is 1.81. The maximum absolute atomic E-state index is 12.2. The highest BCUT2D eigenvalue weighted by molar-refractivity contribution is 6.33. The molecule has 0 saturated heterocycles. The van der Waals surface area contributed by atoms with Crippen LogP contribution in [-0.2, 0) is 7.05 Å². The zero-order valence-corrected chi connectivity index (χ0v) is 9.79. The normalized spacial score (nSPS) is 25.8. The quantitative estimate of drug-likeness (QED) is 0.727. The number of Topliss-reactive ketones (excluding diaryl/α,β-unsaturated/α-hetero) is 1. The number of hydrogen-bond donors (Lipinski definition) is 0. The molecule has 1 aliphatic rings. The lowest BCUT2D eigenvalue weighted by Gasteiger charge is -2.13. The van der Waals surface area contributed by atoms with Crippen molar-refractivity contribution >= 4 is 17.4 Å². The fourth-order valence-electron chi connectivity index (χ4n) is 2.40. The molecular weight excluding hydrogens is 212 g/mol. The van der Waals surface area contributed by atoms with E-state index in [2.05, 4.69) is 12.0 Å². The van der Waals surface area contributed by atoms with E-state index in [1.54, 1.807) is 11.7 Å². The Hall–Kier alpha value is -0.830. The van der Waals surface area contributed by atoms with Gasteiger partial charge < -0.3 is 0 Å². The highest BCUT2D eigenvalue weighted by atomic mass is 35.5. The van der Waals surface area contributed by atoms with Gasteiger partial charge in [-0.15, -0.1) is 0 Å². The molecule has 15 heavy (non-hydrogen) atoms. The van der Waals surface area contributed by atoms with Crippen LogP contribution in [0.5, 0.6) is 0 Å². The number of carbonyl (C=O) groups is 1. The Morgan fingerprint density at radius 3 is 2.80 bits per heavy atom. The Morgan fingerprint density at radius 1 is 1.60 bits per heavy atom. The number of nitrogens with zero attached hydrogens (tertiary/aromatic N) is 2. The van der Waals surface area contributed by atoms with Crippen LogP contribution in [0, 0.1) is 11.8 Å². The van der Waals surface area contributed by atoms with Crippen LogP contribution in [0.4, 0.5) is 0 Å². The van der Waals surface area contributed by atoms with Crippen molar-refractivity contribution in [3.05, 3.63) is 16.9 Å². The number of halogens is 1. The average Bonchev–Trinajstić information content (AvgIpc) is 2.73. The monoisotopic (exact) mass is 226 g/mol. The number of aryl methyl sites for hydroxylation is 1. The van der Waals surface area contributed by atoms with Crippen LogP contribution < -0.4 is 0 Å². The van der Waals surface area contributed by atoms with E-state index >= 15 is 0 Å². The Kier molecular flexibility index (Phi) is 2.83. The zero-order valence-electron chi connectivity index (χ0n) is 9.03. The number of aromatic nitrogens is 2. The minimum absolute atomic E-state index is 0.137. The average molecular weight is 227 g/mol. The Bertz CT molecular complexity index is 366. The van der Waals surface area contributed by atoms with Gasteiger partial charge >= 0.3 is 0 Å². The van der Waals surface area contributed by atoms with E-state index in [1.165, 1.54) is 6.20 Å². The van der Waals surface area contributed by atoms with E-state index in [1.807, 2.05) is 0 Å². The molecule has 1 aromatic heterocycles. The molecule has 3 nitrogen and oxygen atoms in total. The van der Waals surface area contributed by atoms with E-state index < -0.39 is 0 Å². The first-order chi connectivity index (χ1) is 7.11. The maximum atomic E-state index is 12.2. The molecule has 2 atom stereocenters. The van der Waals surface area contributed by atoms with Crippen molar-refractivity contribution in [2.24, 2.45) is 18.9 Å². The first-order valence-electron chi connectivity index (χ1n) is 5.33. The van der Waals surface area contributed by atoms with Gasteiger partial charge in [-0.2, -0.15) is 5.10 Å². The number of rotatable bonds is 2. The lowest BCUT2D eigenvalue weighted by atomic mass is 9.92. The lowest BCUT2D eigenvalue weighted by molar-refractivity contribution is 0.0887. The molecule has 0 amide bonds.